The SMILES string of the molecule is CCC/C=C/CCCC(C)CCN(CCC(C)CCC/C=C/CCC)CC(=O)[O-].[Na+]. The molecule has 0 aromatic carbocycles. The molecule has 0 heterocycles. The standard InChI is InChI=1S/C26H49NO2.Na/c1-5-7-9-11-13-15-17-24(3)19-21-27(23-26(28)29)22-20-25(4)18-16-14-12-10-8-6-2;/h9-12,24-25H,5-8,13-23H2,1-4H3,(H,28,29);/q;+1/p-1/b11-9+,12-10+;. The minimum atomic E-state index is -0.951. The maximum absolute atomic E-state index is 11.1. The Balaban J connectivity index is 0. The summed E-state index contributed by atoms with van der Waals surface area (Å²) < 4.78 is 0. The average Bonchev–Trinajstić information content (AvgIpc) is 2.69. The number of unbranched alkanes of at least 4 members (excludes halogenated alkanes) is 4. The molecule has 4 heteroatoms. The Morgan fingerprint density at radius 3 is 1.53 bits per heavy atom. The number of hydrogen-bond donors (Lipinski definition) is 0. The van der Waals surface area contributed by atoms with Crippen molar-refractivity contribution in [2.24, 2.45) is 11.8 Å². The molecule has 0 saturated heterocycles. The van der Waals surface area contributed by atoms with E-state index in [0.29, 0.717) is 11.8 Å². The molecular weight excluding hydrogens is 381 g/mol. The molecule has 30 heavy (non-hydrogen) atoms. The first-order valence-corrected chi connectivity index (χ1v) is 12.2. The van der Waals surface area contributed by atoms with Crippen molar-refractivity contribution in [3.63, 3.8) is 0 Å². The minimum absolute atomic E-state index is 0. The number of carboxylic acids is 1. The summed E-state index contributed by atoms with van der Waals surface area (Å²) in [5.41, 5.74) is 0. The summed E-state index contributed by atoms with van der Waals surface area (Å²) in [6.45, 7) is 10.8. The van der Waals surface area contributed by atoms with Gasteiger partial charge >= 0.3 is 29.6 Å². The molecule has 0 amide bonds. The van der Waals surface area contributed by atoms with Crippen molar-refractivity contribution in [3.8, 4) is 0 Å². The largest absolute Gasteiger partial charge is 1.00 e. The fourth-order valence-corrected chi connectivity index (χ4v) is 3.52. The summed E-state index contributed by atoms with van der Waals surface area (Å²) in [6.07, 6.45) is 23.4. The van der Waals surface area contributed by atoms with Crippen LogP contribution < -0.4 is 34.7 Å². The van der Waals surface area contributed by atoms with Crippen LogP contribution in [-0.4, -0.2) is 30.5 Å². The van der Waals surface area contributed by atoms with Gasteiger partial charge in [-0.2, -0.15) is 0 Å². The second-order valence-corrected chi connectivity index (χ2v) is 8.82. The summed E-state index contributed by atoms with van der Waals surface area (Å²) in [5.74, 6) is 0.338. The zero-order valence-electron chi connectivity index (χ0n) is 20.8. The molecule has 2 unspecified atom stereocenters. The summed E-state index contributed by atoms with van der Waals surface area (Å²) in [4.78, 5) is 13.2. The van der Waals surface area contributed by atoms with Gasteiger partial charge in [-0.25, -0.2) is 0 Å². The van der Waals surface area contributed by atoms with E-state index in [9.17, 15) is 9.90 Å². The van der Waals surface area contributed by atoms with Gasteiger partial charge in [-0.1, -0.05) is 77.7 Å². The van der Waals surface area contributed by atoms with Crippen molar-refractivity contribution < 1.29 is 39.5 Å². The third-order valence-corrected chi connectivity index (χ3v) is 5.61. The molecule has 0 aliphatic rings. The van der Waals surface area contributed by atoms with Crippen molar-refractivity contribution >= 4 is 5.97 Å². The number of rotatable bonds is 20. The van der Waals surface area contributed by atoms with Crippen molar-refractivity contribution in [3.05, 3.63) is 24.3 Å². The Kier molecular flexibility index (Phi) is 25.2. The van der Waals surface area contributed by atoms with Crippen molar-refractivity contribution in [2.45, 2.75) is 105 Å². The summed E-state index contributed by atoms with van der Waals surface area (Å²) >= 11 is 0. The van der Waals surface area contributed by atoms with E-state index in [1.807, 2.05) is 0 Å². The molecule has 0 radical (unpaired) electrons. The molecule has 0 aromatic heterocycles. The van der Waals surface area contributed by atoms with Crippen LogP contribution in [0.5, 0.6) is 0 Å². The molecule has 170 valence electrons. The predicted octanol–water partition coefficient (Wildman–Crippen LogP) is 3.15. The van der Waals surface area contributed by atoms with E-state index < -0.39 is 5.97 Å². The van der Waals surface area contributed by atoms with E-state index in [4.69, 9.17) is 0 Å². The molecule has 0 aromatic rings. The predicted molar refractivity (Wildman–Crippen MR) is 125 cm³/mol. The van der Waals surface area contributed by atoms with E-state index >= 15 is 0 Å². The molecule has 0 fully saturated rings. The van der Waals surface area contributed by atoms with Crippen LogP contribution in [0.3, 0.4) is 0 Å². The third-order valence-electron chi connectivity index (χ3n) is 5.61. The molecule has 0 spiro atoms. The molecule has 0 bridgehead atoms. The van der Waals surface area contributed by atoms with Gasteiger partial charge in [0.2, 0.25) is 0 Å². The first kappa shape index (κ1) is 32.1. The Bertz CT molecular complexity index is 405. The second kappa shape index (κ2) is 23.6. The number of carboxylic acid groups (broad SMARTS) is 1. The maximum atomic E-state index is 11.1. The van der Waals surface area contributed by atoms with Crippen molar-refractivity contribution in [2.75, 3.05) is 19.6 Å². The van der Waals surface area contributed by atoms with E-state index in [0.717, 1.165) is 38.8 Å². The molecule has 0 N–H and O–H groups in total. The second-order valence-electron chi connectivity index (χ2n) is 8.82. The minimum Gasteiger partial charge on any atom is -0.549 e. The van der Waals surface area contributed by atoms with Gasteiger partial charge in [-0.3, -0.25) is 4.90 Å². The number of carbonyl (C=O) groups is 1. The number of nitrogens with zero attached hydrogens (tertiary/aromatic N) is 1. The zero-order chi connectivity index (χ0) is 21.7. The molecule has 0 rings (SSSR count). The molecule has 0 aliphatic carbocycles. The van der Waals surface area contributed by atoms with Gasteiger partial charge in [-0.05, 0) is 76.3 Å². The van der Waals surface area contributed by atoms with Crippen LogP contribution in [0, 0.1) is 11.8 Å². The van der Waals surface area contributed by atoms with Crippen LogP contribution in [0.15, 0.2) is 24.3 Å². The summed E-state index contributed by atoms with van der Waals surface area (Å²) in [6, 6.07) is 0. The Hall–Kier alpha value is -0.0900. The molecule has 0 aliphatic heterocycles. The van der Waals surface area contributed by atoms with Crippen LogP contribution >= 0.6 is 0 Å². The fraction of sp³-hybridized carbons (Fsp3) is 0.808. The van der Waals surface area contributed by atoms with Crippen LogP contribution in [0.4, 0.5) is 0 Å². The molecule has 2 atom stereocenters. The van der Waals surface area contributed by atoms with Gasteiger partial charge in [0.1, 0.15) is 0 Å². The van der Waals surface area contributed by atoms with Gasteiger partial charge in [0.25, 0.3) is 0 Å². The van der Waals surface area contributed by atoms with Gasteiger partial charge in [0.15, 0.2) is 0 Å². The number of allylic oxidation sites excluding steroid dienone is 4. The number of aliphatic carboxylic acids is 1. The Morgan fingerprint density at radius 1 is 0.767 bits per heavy atom. The molecule has 3 nitrogen and oxygen atoms in total. The fourth-order valence-electron chi connectivity index (χ4n) is 3.52. The van der Waals surface area contributed by atoms with Crippen LogP contribution in [0.2, 0.25) is 0 Å². The summed E-state index contributed by atoms with van der Waals surface area (Å²) in [5, 5.41) is 11.1. The van der Waals surface area contributed by atoms with E-state index in [1.165, 1.54) is 51.4 Å². The summed E-state index contributed by atoms with van der Waals surface area (Å²) in [7, 11) is 0. The zero-order valence-corrected chi connectivity index (χ0v) is 22.8. The quantitative estimate of drug-likeness (QED) is 0.170. The topological polar surface area (TPSA) is 43.4 Å². The average molecular weight is 430 g/mol. The van der Waals surface area contributed by atoms with Crippen LogP contribution in [0.25, 0.3) is 0 Å². The molecule has 0 saturated carbocycles. The molecular formula is C26H48NNaO2. The number of carbonyl (C=O) groups excluding carboxylic acids is 1. The van der Waals surface area contributed by atoms with Gasteiger partial charge < -0.3 is 9.90 Å². The Labute approximate surface area is 210 Å². The smallest absolute Gasteiger partial charge is 0.549 e. The van der Waals surface area contributed by atoms with Gasteiger partial charge in [0.05, 0.1) is 5.97 Å². The number of hydrogen-bond acceptors (Lipinski definition) is 3. The van der Waals surface area contributed by atoms with Crippen molar-refractivity contribution in [1.82, 2.24) is 4.90 Å². The van der Waals surface area contributed by atoms with Crippen LogP contribution in [0.1, 0.15) is 105 Å². The monoisotopic (exact) mass is 429 g/mol. The first-order valence-electron chi connectivity index (χ1n) is 12.2. The maximum Gasteiger partial charge on any atom is 1.00 e. The van der Waals surface area contributed by atoms with Crippen molar-refractivity contribution in [1.29, 1.82) is 0 Å². The normalized spacial score (nSPS) is 13.8. The van der Waals surface area contributed by atoms with E-state index in [1.54, 1.807) is 0 Å². The van der Waals surface area contributed by atoms with E-state index in [-0.39, 0.29) is 36.1 Å². The van der Waals surface area contributed by atoms with E-state index in [2.05, 4.69) is 56.9 Å². The van der Waals surface area contributed by atoms with Gasteiger partial charge in [-0.15, -0.1) is 0 Å². The third kappa shape index (κ3) is 22.6. The Morgan fingerprint density at radius 2 is 1.17 bits per heavy atom. The van der Waals surface area contributed by atoms with Gasteiger partial charge in [0, 0.05) is 6.54 Å². The van der Waals surface area contributed by atoms with Crippen LogP contribution in [-0.2, 0) is 4.79 Å². The first-order chi connectivity index (χ1) is 14.0.